The Hall–Kier alpha value is -0.947. The predicted octanol–water partition coefficient (Wildman–Crippen LogP) is 4.48. The van der Waals surface area contributed by atoms with Crippen molar-refractivity contribution in [3.63, 3.8) is 0 Å². The van der Waals surface area contributed by atoms with Gasteiger partial charge in [0.05, 0.1) is 0 Å². The summed E-state index contributed by atoms with van der Waals surface area (Å²) in [4.78, 5) is 0. The Morgan fingerprint density at radius 1 is 1.11 bits per heavy atom. The number of halogens is 2. The molecule has 2 aromatic rings. The standard InChI is InChI=1S/C10H9.C5H5.2FH.Zr/c1-8-6-7-9-4-2-3-5-10(8)9;1-2-4-5-3-1;;;/h2-7H,1H3;1-3H,4H2;2*1H;/q2*-1;;;+2. The molecule has 0 N–H and O–H groups in total. The van der Waals surface area contributed by atoms with Crippen LogP contribution in [-0.2, 0) is 26.2 Å². The minimum atomic E-state index is 0. The number of fused-ring (bicyclic) bond motifs is 1. The third-order valence-electron chi connectivity index (χ3n) is 2.48. The van der Waals surface area contributed by atoms with Gasteiger partial charge in [-0.2, -0.15) is 18.2 Å². The van der Waals surface area contributed by atoms with Gasteiger partial charge in [0, 0.05) is 0 Å². The molecule has 1 aliphatic carbocycles. The smallest absolute Gasteiger partial charge is 0.273 e. The first-order valence-electron chi connectivity index (χ1n) is 5.21. The number of allylic oxidation sites excluding steroid dienone is 4. The molecule has 2 aromatic carbocycles. The Labute approximate surface area is 126 Å². The molecule has 3 rings (SSSR count). The van der Waals surface area contributed by atoms with Gasteiger partial charge in [0.2, 0.25) is 0 Å². The third-order valence-corrected chi connectivity index (χ3v) is 2.48. The van der Waals surface area contributed by atoms with E-state index in [1.54, 1.807) is 0 Å². The molecule has 0 atom stereocenters. The molecule has 0 bridgehead atoms. The molecule has 0 aliphatic heterocycles. The fourth-order valence-electron chi connectivity index (χ4n) is 1.65. The largest absolute Gasteiger partial charge is 2.00 e. The minimum Gasteiger partial charge on any atom is -0.273 e. The molecular weight excluding hydrogens is 309 g/mol. The van der Waals surface area contributed by atoms with Gasteiger partial charge >= 0.3 is 26.2 Å². The molecule has 1 aliphatic rings. The summed E-state index contributed by atoms with van der Waals surface area (Å²) in [6.45, 7) is 2.14. The monoisotopic (exact) mass is 324 g/mol. The van der Waals surface area contributed by atoms with Crippen LogP contribution in [0.4, 0.5) is 9.41 Å². The van der Waals surface area contributed by atoms with Gasteiger partial charge in [-0.15, -0.1) is 41.0 Å². The molecule has 0 unspecified atom stereocenters. The van der Waals surface area contributed by atoms with Crippen molar-refractivity contribution in [2.24, 2.45) is 0 Å². The molecular formula is C15H16F2Zr. The maximum absolute atomic E-state index is 2.99. The predicted molar refractivity (Wildman–Crippen MR) is 70.9 cm³/mol. The van der Waals surface area contributed by atoms with Crippen LogP contribution in [0.1, 0.15) is 12.0 Å². The molecule has 0 spiro atoms. The van der Waals surface area contributed by atoms with Crippen molar-refractivity contribution in [3.05, 3.63) is 66.3 Å². The molecule has 18 heavy (non-hydrogen) atoms. The summed E-state index contributed by atoms with van der Waals surface area (Å²) in [7, 11) is 0. The summed E-state index contributed by atoms with van der Waals surface area (Å²) in [5.41, 5.74) is 1.37. The van der Waals surface area contributed by atoms with E-state index in [0.717, 1.165) is 6.42 Å². The zero-order valence-electron chi connectivity index (χ0n) is 10.2. The number of hydrogen-bond acceptors (Lipinski definition) is 0. The first kappa shape index (κ1) is 19.4. The maximum Gasteiger partial charge on any atom is 2.00 e. The van der Waals surface area contributed by atoms with Crippen LogP contribution in [0.3, 0.4) is 0 Å². The zero-order valence-corrected chi connectivity index (χ0v) is 12.7. The van der Waals surface area contributed by atoms with E-state index in [-0.39, 0.29) is 35.6 Å². The Morgan fingerprint density at radius 3 is 2.33 bits per heavy atom. The van der Waals surface area contributed by atoms with Crippen LogP contribution in [0.15, 0.2) is 54.6 Å². The quantitative estimate of drug-likeness (QED) is 0.627. The van der Waals surface area contributed by atoms with Gasteiger partial charge < -0.3 is 0 Å². The fourth-order valence-corrected chi connectivity index (χ4v) is 1.65. The zero-order chi connectivity index (χ0) is 10.5. The Kier molecular flexibility index (Phi) is 10.8. The molecule has 0 saturated heterocycles. The molecule has 0 aromatic heterocycles. The van der Waals surface area contributed by atoms with Gasteiger partial charge in [-0.3, -0.25) is 15.5 Å². The second kappa shape index (κ2) is 10.0. The summed E-state index contributed by atoms with van der Waals surface area (Å²) in [5.74, 6) is 0. The SMILES string of the molecule is C[c-]1ccc2ccccc21.F.F.[C-]1=CC=CC1.[Zr+2]. The fraction of sp³-hybridized carbons (Fsp3) is 0.133. The van der Waals surface area contributed by atoms with Crippen LogP contribution in [0.25, 0.3) is 10.8 Å². The molecule has 0 heterocycles. The first-order chi connectivity index (χ1) is 7.38. The Bertz CT molecular complexity index is 488. The van der Waals surface area contributed by atoms with Crippen molar-refractivity contribution in [3.8, 4) is 0 Å². The number of aryl methyl sites for hydroxylation is 1. The molecule has 0 radical (unpaired) electrons. The molecule has 0 fully saturated rings. The third kappa shape index (κ3) is 5.14. The van der Waals surface area contributed by atoms with Gasteiger partial charge in [0.1, 0.15) is 0 Å². The topological polar surface area (TPSA) is 0 Å². The van der Waals surface area contributed by atoms with Crippen molar-refractivity contribution in [2.75, 3.05) is 0 Å². The van der Waals surface area contributed by atoms with E-state index in [1.165, 1.54) is 16.3 Å². The van der Waals surface area contributed by atoms with Crippen LogP contribution in [0.2, 0.25) is 0 Å². The van der Waals surface area contributed by atoms with Crippen molar-refractivity contribution >= 4 is 10.8 Å². The van der Waals surface area contributed by atoms with E-state index in [2.05, 4.69) is 55.5 Å². The second-order valence-corrected chi connectivity index (χ2v) is 3.61. The Morgan fingerprint density at radius 2 is 1.83 bits per heavy atom. The average Bonchev–Trinajstić information content (AvgIpc) is 2.92. The van der Waals surface area contributed by atoms with Crippen LogP contribution in [0, 0.1) is 13.0 Å². The van der Waals surface area contributed by atoms with E-state index in [0.29, 0.717) is 0 Å². The number of benzene rings is 1. The molecule has 0 amide bonds. The number of hydrogen-bond donors (Lipinski definition) is 0. The van der Waals surface area contributed by atoms with E-state index < -0.39 is 0 Å². The first-order valence-corrected chi connectivity index (χ1v) is 5.21. The van der Waals surface area contributed by atoms with Crippen LogP contribution >= 0.6 is 0 Å². The van der Waals surface area contributed by atoms with E-state index >= 15 is 0 Å². The summed E-state index contributed by atoms with van der Waals surface area (Å²) in [5, 5.41) is 2.72. The van der Waals surface area contributed by atoms with Gasteiger partial charge in [-0.05, 0) is 0 Å². The molecule has 94 valence electrons. The molecule has 3 heteroatoms. The van der Waals surface area contributed by atoms with E-state index in [4.69, 9.17) is 0 Å². The summed E-state index contributed by atoms with van der Waals surface area (Å²) in [6.07, 6.45) is 10.0. The molecule has 0 saturated carbocycles. The maximum atomic E-state index is 2.99. The van der Waals surface area contributed by atoms with Crippen LogP contribution in [-0.4, -0.2) is 0 Å². The van der Waals surface area contributed by atoms with Gasteiger partial charge in [-0.25, -0.2) is 12.2 Å². The number of rotatable bonds is 0. The molecule has 0 nitrogen and oxygen atoms in total. The summed E-state index contributed by atoms with van der Waals surface area (Å²) >= 11 is 0. The van der Waals surface area contributed by atoms with Crippen molar-refractivity contribution in [1.29, 1.82) is 0 Å². The van der Waals surface area contributed by atoms with Crippen molar-refractivity contribution in [1.82, 2.24) is 0 Å². The van der Waals surface area contributed by atoms with E-state index in [9.17, 15) is 0 Å². The minimum absolute atomic E-state index is 0. The second-order valence-electron chi connectivity index (χ2n) is 3.61. The van der Waals surface area contributed by atoms with E-state index in [1.807, 2.05) is 12.2 Å². The van der Waals surface area contributed by atoms with Crippen molar-refractivity contribution in [2.45, 2.75) is 13.3 Å². The van der Waals surface area contributed by atoms with Gasteiger partial charge in [-0.1, -0.05) is 13.0 Å². The van der Waals surface area contributed by atoms with Gasteiger partial charge in [0.15, 0.2) is 0 Å². The van der Waals surface area contributed by atoms with Crippen LogP contribution in [0.5, 0.6) is 0 Å². The Balaban J connectivity index is 0. The van der Waals surface area contributed by atoms with Crippen molar-refractivity contribution < 1.29 is 35.6 Å². The normalized spacial score (nSPS) is 10.7. The summed E-state index contributed by atoms with van der Waals surface area (Å²) in [6, 6.07) is 12.8. The van der Waals surface area contributed by atoms with Gasteiger partial charge in [0.25, 0.3) is 0 Å². The van der Waals surface area contributed by atoms with Crippen LogP contribution < -0.4 is 0 Å². The average molecular weight is 326 g/mol. The summed E-state index contributed by atoms with van der Waals surface area (Å²) < 4.78 is 0.